The van der Waals surface area contributed by atoms with Crippen molar-refractivity contribution in [1.82, 2.24) is 4.98 Å². The number of nitrogens with two attached hydrogens (primary N) is 1. The number of aliphatic imine (C=N–C) groups is 1. The normalized spacial score (nSPS) is 18.1. The van der Waals surface area contributed by atoms with E-state index in [1.165, 1.54) is 90.6 Å². The number of nitrogens with zero attached hydrogens (tertiary/aromatic N) is 2. The number of rotatable bonds is 36. The number of ether oxygens (including phenoxy) is 6. The summed E-state index contributed by atoms with van der Waals surface area (Å²) >= 11 is 6.52. The van der Waals surface area contributed by atoms with Gasteiger partial charge in [0.15, 0.2) is 5.79 Å². The minimum absolute atomic E-state index is 0.0731. The second-order valence-electron chi connectivity index (χ2n) is 18.6. The number of benzene rings is 2. The average molecular weight is 1000 g/mol. The number of H-pyrrole nitrogens is 1. The van der Waals surface area contributed by atoms with Gasteiger partial charge in [-0.2, -0.15) is 5.26 Å². The molecule has 384 valence electrons. The van der Waals surface area contributed by atoms with Crippen LogP contribution < -0.4 is 19.7 Å². The second kappa shape index (κ2) is 30.0. The average Bonchev–Trinajstić information content (AvgIpc) is 3.95. The predicted molar refractivity (Wildman–Crippen MR) is 272 cm³/mol. The zero-order chi connectivity index (χ0) is 50.1. The predicted octanol–water partition coefficient (Wildman–Crippen LogP) is 13.2. The molecule has 15 nitrogen and oxygen atoms in total. The Morgan fingerprint density at radius 2 is 1.55 bits per heavy atom. The SMILES string of the molecule is CCCCCCCCCCCCCCCCCCOC[C@H](COP(=O)(OC[C@@](C)(OC)[C@H]1OC(C)(C)O[C@H]1c1ccc(C(N)=NC=N)[nH]1)Oc1ccccc1Cl)Oc1ccc(C#N)c(OC(C)C)c1. The van der Waals surface area contributed by atoms with Crippen LogP contribution in [0.25, 0.3) is 0 Å². The standard InChI is InChI=1S/C52H79ClN5O10P/c1-8-9-10-11-12-13-14-15-16-17-18-19-20-21-22-25-32-61-35-42(65-41-29-28-40(34-54)47(33-41)64-39(2)3)36-62-69(59,68-46-27-24-23-26-43(46)53)63-37-52(6,60-7)49-48(66-51(4,5)67-49)44-30-31-45(58-44)50(56)57-38-55/h23-24,26-31,33,38-39,42,48-49,58H,8-22,25,32,35-37H2,1-7H3,(H3,55,56,57)/t42-,48+,49+,52-,69?/m1/s1. The highest BCUT2D eigenvalue weighted by Gasteiger charge is 2.53. The molecule has 17 heteroatoms. The Hall–Kier alpha value is -3.97. The molecule has 1 saturated heterocycles. The summed E-state index contributed by atoms with van der Waals surface area (Å²) in [4.78, 5) is 7.07. The maximum absolute atomic E-state index is 14.9. The number of phosphoric ester groups is 1. The lowest BCUT2D eigenvalue weighted by Crippen LogP contribution is -2.48. The largest absolute Gasteiger partial charge is 0.530 e. The Kier molecular flexibility index (Phi) is 25.1. The highest BCUT2D eigenvalue weighted by molar-refractivity contribution is 7.49. The number of hydrogen-bond donors (Lipinski definition) is 3. The van der Waals surface area contributed by atoms with Crippen molar-refractivity contribution >= 4 is 31.6 Å². The second-order valence-corrected chi connectivity index (χ2v) is 20.6. The van der Waals surface area contributed by atoms with Crippen LogP contribution in [0.3, 0.4) is 0 Å². The van der Waals surface area contributed by atoms with Crippen molar-refractivity contribution in [2.45, 2.75) is 180 Å². The summed E-state index contributed by atoms with van der Waals surface area (Å²) in [6, 6.07) is 17.2. The summed E-state index contributed by atoms with van der Waals surface area (Å²) in [5, 5.41) is 17.3. The first-order valence-electron chi connectivity index (χ1n) is 24.9. The molecule has 4 rings (SSSR count). The molecule has 2 heterocycles. The number of hydrogen-bond acceptors (Lipinski definition) is 12. The zero-order valence-electron chi connectivity index (χ0n) is 42.1. The summed E-state index contributed by atoms with van der Waals surface area (Å²) in [7, 11) is -3.08. The van der Waals surface area contributed by atoms with E-state index in [0.29, 0.717) is 35.1 Å². The fourth-order valence-electron chi connectivity index (χ4n) is 7.96. The Morgan fingerprint density at radius 3 is 2.14 bits per heavy atom. The van der Waals surface area contributed by atoms with E-state index < -0.39 is 37.5 Å². The highest BCUT2D eigenvalue weighted by atomic mass is 35.5. The van der Waals surface area contributed by atoms with Crippen LogP contribution in [0.5, 0.6) is 17.2 Å². The molecule has 1 fully saturated rings. The summed E-state index contributed by atoms with van der Waals surface area (Å²) in [5.74, 6) is -0.110. The van der Waals surface area contributed by atoms with E-state index in [4.69, 9.17) is 64.7 Å². The molecule has 1 unspecified atom stereocenters. The first-order chi connectivity index (χ1) is 33.1. The molecule has 4 N–H and O–H groups in total. The summed E-state index contributed by atoms with van der Waals surface area (Å²) < 4.78 is 70.7. The van der Waals surface area contributed by atoms with Crippen LogP contribution in [0.15, 0.2) is 59.6 Å². The van der Waals surface area contributed by atoms with E-state index in [2.05, 4.69) is 23.0 Å². The Morgan fingerprint density at radius 1 is 0.913 bits per heavy atom. The number of nitrogens with one attached hydrogen (secondary N) is 2. The van der Waals surface area contributed by atoms with E-state index in [-0.39, 0.29) is 42.5 Å². The monoisotopic (exact) mass is 1000 g/mol. The van der Waals surface area contributed by atoms with Gasteiger partial charge < -0.3 is 43.7 Å². The molecule has 0 spiro atoms. The Bertz CT molecular complexity index is 2100. The summed E-state index contributed by atoms with van der Waals surface area (Å²) in [6.07, 6.45) is 18.7. The minimum atomic E-state index is -4.56. The maximum Gasteiger partial charge on any atom is 0.530 e. The zero-order valence-corrected chi connectivity index (χ0v) is 43.8. The van der Waals surface area contributed by atoms with Crippen molar-refractivity contribution in [3.8, 4) is 23.3 Å². The van der Waals surface area contributed by atoms with E-state index in [0.717, 1.165) is 25.6 Å². The van der Waals surface area contributed by atoms with Crippen molar-refractivity contribution < 1.29 is 46.6 Å². The topological polar surface area (TPSA) is 202 Å². The first kappa shape index (κ1) is 57.6. The smallest absolute Gasteiger partial charge is 0.489 e. The van der Waals surface area contributed by atoms with Gasteiger partial charge in [0.2, 0.25) is 0 Å². The van der Waals surface area contributed by atoms with Gasteiger partial charge in [0.25, 0.3) is 0 Å². The van der Waals surface area contributed by atoms with Gasteiger partial charge in [-0.1, -0.05) is 127 Å². The number of methoxy groups -OCH3 is 1. The van der Waals surface area contributed by atoms with Crippen molar-refractivity contribution in [1.29, 1.82) is 10.7 Å². The molecular weight excluding hydrogens is 921 g/mol. The van der Waals surface area contributed by atoms with Crippen molar-refractivity contribution in [2.75, 3.05) is 33.5 Å². The molecule has 69 heavy (non-hydrogen) atoms. The number of para-hydroxylation sites is 1. The van der Waals surface area contributed by atoms with Crippen molar-refractivity contribution in [3.05, 3.63) is 76.6 Å². The first-order valence-corrected chi connectivity index (χ1v) is 26.7. The van der Waals surface area contributed by atoms with Crippen LogP contribution in [-0.4, -0.2) is 80.4 Å². The number of phosphoric acid groups is 1. The molecule has 0 aliphatic carbocycles. The van der Waals surface area contributed by atoms with Crippen molar-refractivity contribution in [3.63, 3.8) is 0 Å². The third kappa shape index (κ3) is 20.0. The molecule has 0 bridgehead atoms. The van der Waals surface area contributed by atoms with Crippen LogP contribution in [0, 0.1) is 16.7 Å². The van der Waals surface area contributed by atoms with E-state index >= 15 is 0 Å². The van der Waals surface area contributed by atoms with Gasteiger partial charge in [-0.15, -0.1) is 0 Å². The Labute approximate surface area is 416 Å². The van der Waals surface area contributed by atoms with Gasteiger partial charge >= 0.3 is 7.82 Å². The van der Waals surface area contributed by atoms with Gasteiger partial charge in [-0.25, -0.2) is 9.56 Å². The van der Waals surface area contributed by atoms with Crippen LogP contribution in [0.1, 0.15) is 167 Å². The van der Waals surface area contributed by atoms with Gasteiger partial charge in [0.1, 0.15) is 59.4 Å². The maximum atomic E-state index is 14.9. The quantitative estimate of drug-likeness (QED) is 0.0216. The molecule has 1 aliphatic heterocycles. The fraction of sp³-hybridized carbons (Fsp3) is 0.635. The lowest BCUT2D eigenvalue weighted by Gasteiger charge is -2.36. The van der Waals surface area contributed by atoms with E-state index in [9.17, 15) is 9.83 Å². The lowest BCUT2D eigenvalue weighted by atomic mass is 9.93. The molecule has 2 aromatic carbocycles. The fourth-order valence-corrected chi connectivity index (χ4v) is 9.54. The molecule has 5 atom stereocenters. The molecule has 0 amide bonds. The third-order valence-corrected chi connectivity index (χ3v) is 13.5. The van der Waals surface area contributed by atoms with Gasteiger partial charge in [-0.05, 0) is 77.4 Å². The molecule has 1 aliphatic rings. The Balaban J connectivity index is 1.43. The molecule has 0 saturated carbocycles. The van der Waals surface area contributed by atoms with E-state index in [1.807, 2.05) is 13.8 Å². The van der Waals surface area contributed by atoms with Crippen LogP contribution in [-0.2, 0) is 32.6 Å². The number of aromatic nitrogens is 1. The molecule has 0 radical (unpaired) electrons. The number of unbranched alkanes of at least 4 members (excludes halogenated alkanes) is 15. The number of amidine groups is 1. The third-order valence-electron chi connectivity index (χ3n) is 11.8. The molecule has 3 aromatic rings. The number of aromatic amines is 1. The summed E-state index contributed by atoms with van der Waals surface area (Å²) in [6.45, 7) is 11.2. The number of nitriles is 1. The van der Waals surface area contributed by atoms with E-state index in [1.54, 1.807) is 75.4 Å². The van der Waals surface area contributed by atoms with Crippen molar-refractivity contribution in [2.24, 2.45) is 10.7 Å². The molecular formula is C52H79ClN5O10P. The van der Waals surface area contributed by atoms with Crippen LogP contribution in [0.4, 0.5) is 0 Å². The highest BCUT2D eigenvalue weighted by Crippen LogP contribution is 2.53. The number of halogens is 1. The van der Waals surface area contributed by atoms with Gasteiger partial charge in [-0.3, -0.25) is 14.5 Å². The van der Waals surface area contributed by atoms with Crippen LogP contribution in [0.2, 0.25) is 5.02 Å². The van der Waals surface area contributed by atoms with Crippen LogP contribution >= 0.6 is 19.4 Å². The minimum Gasteiger partial charge on any atom is -0.489 e. The lowest BCUT2D eigenvalue weighted by molar-refractivity contribution is -0.180. The van der Waals surface area contributed by atoms with Gasteiger partial charge in [0.05, 0.1) is 42.2 Å². The molecule has 1 aromatic heterocycles. The van der Waals surface area contributed by atoms with Gasteiger partial charge in [0, 0.05) is 25.5 Å². The summed E-state index contributed by atoms with van der Waals surface area (Å²) in [5.41, 5.74) is 6.18.